The number of pyridine rings is 1. The normalized spacial score (nSPS) is 21.5. The summed E-state index contributed by atoms with van der Waals surface area (Å²) in [7, 11) is 0. The molecule has 0 amide bonds. The second-order valence-electron chi connectivity index (χ2n) is 4.82. The van der Waals surface area contributed by atoms with Gasteiger partial charge in [0.2, 0.25) is 0 Å². The molecule has 1 saturated carbocycles. The Bertz CT molecular complexity index is 409. The smallest absolute Gasteiger partial charge is 0.150 e. The molecule has 17 heavy (non-hydrogen) atoms. The number of hydrogen-bond donors (Lipinski definition) is 0. The zero-order chi connectivity index (χ0) is 11.7. The Morgan fingerprint density at radius 3 is 2.65 bits per heavy atom. The van der Waals surface area contributed by atoms with Crippen molar-refractivity contribution in [2.45, 2.75) is 18.9 Å². The molecule has 0 unspecified atom stereocenters. The molecular formula is C13H17N3O. The maximum Gasteiger partial charge on any atom is 0.150 e. The van der Waals surface area contributed by atoms with Crippen molar-refractivity contribution in [2.24, 2.45) is 0 Å². The highest BCUT2D eigenvalue weighted by Crippen LogP contribution is 2.28. The molecular weight excluding hydrogens is 214 g/mol. The number of nitrogens with zero attached hydrogens (tertiary/aromatic N) is 3. The van der Waals surface area contributed by atoms with Crippen LogP contribution < -0.4 is 4.90 Å². The van der Waals surface area contributed by atoms with E-state index in [0.29, 0.717) is 5.56 Å². The van der Waals surface area contributed by atoms with Gasteiger partial charge in [-0.2, -0.15) is 0 Å². The maximum absolute atomic E-state index is 10.7. The van der Waals surface area contributed by atoms with Crippen molar-refractivity contribution in [3.05, 3.63) is 23.9 Å². The first-order chi connectivity index (χ1) is 8.36. The Labute approximate surface area is 101 Å². The number of anilines is 1. The Morgan fingerprint density at radius 1 is 1.24 bits per heavy atom. The second kappa shape index (κ2) is 4.45. The second-order valence-corrected chi connectivity index (χ2v) is 4.82. The summed E-state index contributed by atoms with van der Waals surface area (Å²) in [5.41, 5.74) is 0.708. The highest BCUT2D eigenvalue weighted by molar-refractivity contribution is 5.76. The maximum atomic E-state index is 10.7. The molecule has 0 spiro atoms. The fraction of sp³-hybridized carbons (Fsp3) is 0.538. The lowest BCUT2D eigenvalue weighted by Gasteiger charge is -2.35. The van der Waals surface area contributed by atoms with E-state index in [1.807, 2.05) is 6.07 Å². The van der Waals surface area contributed by atoms with Crippen LogP contribution in [0, 0.1) is 0 Å². The summed E-state index contributed by atoms with van der Waals surface area (Å²) in [4.78, 5) is 19.9. The summed E-state index contributed by atoms with van der Waals surface area (Å²) < 4.78 is 0. The quantitative estimate of drug-likeness (QED) is 0.732. The molecule has 4 nitrogen and oxygen atoms in total. The lowest BCUT2D eigenvalue weighted by molar-refractivity contribution is 0.112. The van der Waals surface area contributed by atoms with Gasteiger partial charge in [-0.1, -0.05) is 0 Å². The molecule has 1 aromatic rings. The van der Waals surface area contributed by atoms with Crippen LogP contribution in [0.5, 0.6) is 0 Å². The van der Waals surface area contributed by atoms with Crippen LogP contribution >= 0.6 is 0 Å². The van der Waals surface area contributed by atoms with Crippen LogP contribution in [-0.4, -0.2) is 48.4 Å². The summed E-state index contributed by atoms with van der Waals surface area (Å²) in [5.74, 6) is 0.935. The van der Waals surface area contributed by atoms with E-state index in [0.717, 1.165) is 44.3 Å². The van der Waals surface area contributed by atoms with Gasteiger partial charge in [-0.05, 0) is 25.0 Å². The van der Waals surface area contributed by atoms with Crippen molar-refractivity contribution in [3.8, 4) is 0 Å². The molecule has 0 bridgehead atoms. The van der Waals surface area contributed by atoms with E-state index >= 15 is 0 Å². The van der Waals surface area contributed by atoms with Gasteiger partial charge in [0.15, 0.2) is 0 Å². The zero-order valence-electron chi connectivity index (χ0n) is 9.88. The van der Waals surface area contributed by atoms with Gasteiger partial charge in [0.1, 0.15) is 12.1 Å². The van der Waals surface area contributed by atoms with E-state index in [9.17, 15) is 4.79 Å². The van der Waals surface area contributed by atoms with E-state index in [1.165, 1.54) is 12.8 Å². The molecule has 2 fully saturated rings. The summed E-state index contributed by atoms with van der Waals surface area (Å²) in [5, 5.41) is 0. The topological polar surface area (TPSA) is 36.4 Å². The van der Waals surface area contributed by atoms with E-state index in [2.05, 4.69) is 14.8 Å². The molecule has 0 aromatic carbocycles. The summed E-state index contributed by atoms with van der Waals surface area (Å²) in [6.45, 7) is 4.28. The standard InChI is InChI=1S/C13H17N3O/c17-10-11-3-4-14-13(9-11)16-7-5-15(6-8-16)12-1-2-12/h3-4,9-10,12H,1-2,5-8H2. The van der Waals surface area contributed by atoms with E-state index in [-0.39, 0.29) is 0 Å². The summed E-state index contributed by atoms with van der Waals surface area (Å²) in [6.07, 6.45) is 5.34. The molecule has 0 atom stereocenters. The highest BCUT2D eigenvalue weighted by atomic mass is 16.1. The molecule has 2 aliphatic rings. The van der Waals surface area contributed by atoms with Gasteiger partial charge in [0.05, 0.1) is 0 Å². The molecule has 1 aliphatic heterocycles. The Hall–Kier alpha value is -1.42. The Balaban J connectivity index is 1.66. The average molecular weight is 231 g/mol. The van der Waals surface area contributed by atoms with E-state index in [4.69, 9.17) is 0 Å². The molecule has 1 saturated heterocycles. The monoisotopic (exact) mass is 231 g/mol. The van der Waals surface area contributed by atoms with Gasteiger partial charge in [0, 0.05) is 44.0 Å². The van der Waals surface area contributed by atoms with Gasteiger partial charge in [-0.25, -0.2) is 4.98 Å². The van der Waals surface area contributed by atoms with Crippen LogP contribution in [-0.2, 0) is 0 Å². The predicted octanol–water partition coefficient (Wildman–Crippen LogP) is 1.18. The number of aromatic nitrogens is 1. The minimum Gasteiger partial charge on any atom is -0.354 e. The van der Waals surface area contributed by atoms with E-state index in [1.54, 1.807) is 12.3 Å². The first kappa shape index (κ1) is 10.7. The third-order valence-electron chi connectivity index (χ3n) is 3.61. The minimum absolute atomic E-state index is 0.708. The predicted molar refractivity (Wildman–Crippen MR) is 66.4 cm³/mol. The first-order valence-corrected chi connectivity index (χ1v) is 6.27. The molecule has 0 N–H and O–H groups in total. The van der Waals surface area contributed by atoms with Gasteiger partial charge in [0.25, 0.3) is 0 Å². The van der Waals surface area contributed by atoms with E-state index < -0.39 is 0 Å². The number of hydrogen-bond acceptors (Lipinski definition) is 4. The Morgan fingerprint density at radius 2 is 2.00 bits per heavy atom. The number of piperazine rings is 1. The van der Waals surface area contributed by atoms with Gasteiger partial charge in [-0.15, -0.1) is 0 Å². The molecule has 1 aliphatic carbocycles. The average Bonchev–Trinajstić information content (AvgIpc) is 3.23. The highest BCUT2D eigenvalue weighted by Gasteiger charge is 2.31. The van der Waals surface area contributed by atoms with Crippen molar-refractivity contribution >= 4 is 12.1 Å². The zero-order valence-corrected chi connectivity index (χ0v) is 9.88. The fourth-order valence-electron chi connectivity index (χ4n) is 2.44. The molecule has 3 rings (SSSR count). The number of carbonyl (C=O) groups is 1. The van der Waals surface area contributed by atoms with Gasteiger partial charge >= 0.3 is 0 Å². The minimum atomic E-state index is 0.708. The lowest BCUT2D eigenvalue weighted by Crippen LogP contribution is -2.47. The van der Waals surface area contributed by atoms with Crippen molar-refractivity contribution in [1.29, 1.82) is 0 Å². The third kappa shape index (κ3) is 2.31. The van der Waals surface area contributed by atoms with Crippen molar-refractivity contribution in [3.63, 3.8) is 0 Å². The SMILES string of the molecule is O=Cc1ccnc(N2CCN(C3CC3)CC2)c1. The first-order valence-electron chi connectivity index (χ1n) is 6.27. The molecule has 0 radical (unpaired) electrons. The van der Waals surface area contributed by atoms with Crippen LogP contribution in [0.15, 0.2) is 18.3 Å². The van der Waals surface area contributed by atoms with Crippen LogP contribution in [0.4, 0.5) is 5.82 Å². The van der Waals surface area contributed by atoms with Crippen molar-refractivity contribution in [2.75, 3.05) is 31.1 Å². The lowest BCUT2D eigenvalue weighted by atomic mass is 10.2. The fourth-order valence-corrected chi connectivity index (χ4v) is 2.44. The van der Waals surface area contributed by atoms with Crippen LogP contribution in [0.1, 0.15) is 23.2 Å². The molecule has 1 aromatic heterocycles. The van der Waals surface area contributed by atoms with Gasteiger partial charge < -0.3 is 4.90 Å². The third-order valence-corrected chi connectivity index (χ3v) is 3.61. The van der Waals surface area contributed by atoms with Crippen LogP contribution in [0.25, 0.3) is 0 Å². The van der Waals surface area contributed by atoms with Crippen molar-refractivity contribution < 1.29 is 4.79 Å². The summed E-state index contributed by atoms with van der Waals surface area (Å²) in [6, 6.07) is 4.47. The number of aldehydes is 1. The Kier molecular flexibility index (Phi) is 2.81. The molecule has 4 heteroatoms. The number of rotatable bonds is 3. The van der Waals surface area contributed by atoms with Gasteiger partial charge in [-0.3, -0.25) is 9.69 Å². The van der Waals surface area contributed by atoms with Crippen LogP contribution in [0.2, 0.25) is 0 Å². The summed E-state index contributed by atoms with van der Waals surface area (Å²) >= 11 is 0. The van der Waals surface area contributed by atoms with Crippen LogP contribution in [0.3, 0.4) is 0 Å². The van der Waals surface area contributed by atoms with Crippen molar-refractivity contribution in [1.82, 2.24) is 9.88 Å². The molecule has 2 heterocycles. The molecule has 90 valence electrons. The largest absolute Gasteiger partial charge is 0.354 e. The number of carbonyl (C=O) groups excluding carboxylic acids is 1.